The highest BCUT2D eigenvalue weighted by atomic mass is 79.9. The standard InChI is InChI=1S/C12H20BrNOS/c1-5-12(6-2,7-13)8-14-9(3)10(4)16-11(14)15/h5-8H2,1-4H3. The minimum atomic E-state index is 0.183. The first kappa shape index (κ1) is 14.0. The molecule has 92 valence electrons. The molecule has 0 bridgehead atoms. The van der Waals surface area contributed by atoms with Crippen molar-refractivity contribution in [3.63, 3.8) is 0 Å². The van der Waals surface area contributed by atoms with Gasteiger partial charge in [-0.1, -0.05) is 41.1 Å². The first-order valence-electron chi connectivity index (χ1n) is 5.72. The molecule has 0 aliphatic heterocycles. The van der Waals surface area contributed by atoms with Crippen LogP contribution in [0.3, 0.4) is 0 Å². The maximum atomic E-state index is 11.9. The zero-order valence-electron chi connectivity index (χ0n) is 10.5. The van der Waals surface area contributed by atoms with Crippen LogP contribution < -0.4 is 4.87 Å². The van der Waals surface area contributed by atoms with E-state index in [9.17, 15) is 4.79 Å². The molecule has 0 aliphatic carbocycles. The van der Waals surface area contributed by atoms with E-state index in [4.69, 9.17) is 0 Å². The molecular formula is C12H20BrNOS. The molecule has 0 spiro atoms. The van der Waals surface area contributed by atoms with Gasteiger partial charge in [0.15, 0.2) is 0 Å². The van der Waals surface area contributed by atoms with Gasteiger partial charge in [0.1, 0.15) is 0 Å². The number of thiazole rings is 1. The van der Waals surface area contributed by atoms with Crippen molar-refractivity contribution in [3.8, 4) is 0 Å². The number of rotatable bonds is 5. The van der Waals surface area contributed by atoms with Gasteiger partial charge in [-0.15, -0.1) is 0 Å². The van der Waals surface area contributed by atoms with Crippen molar-refractivity contribution in [1.82, 2.24) is 4.57 Å². The van der Waals surface area contributed by atoms with Gasteiger partial charge in [0.2, 0.25) is 0 Å². The number of aryl methyl sites for hydroxylation is 1. The van der Waals surface area contributed by atoms with Crippen molar-refractivity contribution in [2.24, 2.45) is 5.41 Å². The predicted octanol–water partition coefficient (Wildman–Crippen LogP) is 3.73. The van der Waals surface area contributed by atoms with Crippen LogP contribution in [0.2, 0.25) is 0 Å². The Morgan fingerprint density at radius 3 is 2.19 bits per heavy atom. The summed E-state index contributed by atoms with van der Waals surface area (Å²) < 4.78 is 1.94. The zero-order chi connectivity index (χ0) is 12.3. The zero-order valence-corrected chi connectivity index (χ0v) is 12.9. The molecule has 0 aromatic carbocycles. The van der Waals surface area contributed by atoms with Gasteiger partial charge in [0.25, 0.3) is 0 Å². The lowest BCUT2D eigenvalue weighted by molar-refractivity contribution is 0.256. The van der Waals surface area contributed by atoms with Crippen LogP contribution in [-0.4, -0.2) is 9.90 Å². The maximum Gasteiger partial charge on any atom is 0.307 e. The summed E-state index contributed by atoms with van der Waals surface area (Å²) in [5.41, 5.74) is 1.34. The molecule has 1 heterocycles. The monoisotopic (exact) mass is 305 g/mol. The van der Waals surface area contributed by atoms with Crippen molar-refractivity contribution in [2.75, 3.05) is 5.33 Å². The first-order valence-corrected chi connectivity index (χ1v) is 7.66. The molecule has 0 radical (unpaired) electrons. The fraction of sp³-hybridized carbons (Fsp3) is 0.750. The molecule has 16 heavy (non-hydrogen) atoms. The van der Waals surface area contributed by atoms with Crippen molar-refractivity contribution in [3.05, 3.63) is 20.2 Å². The summed E-state index contributed by atoms with van der Waals surface area (Å²) in [7, 11) is 0. The molecule has 0 aliphatic rings. The lowest BCUT2D eigenvalue weighted by Crippen LogP contribution is -2.31. The van der Waals surface area contributed by atoms with E-state index in [1.807, 2.05) is 18.4 Å². The van der Waals surface area contributed by atoms with E-state index >= 15 is 0 Å². The van der Waals surface area contributed by atoms with Crippen LogP contribution in [0.15, 0.2) is 4.79 Å². The highest BCUT2D eigenvalue weighted by Gasteiger charge is 2.27. The Morgan fingerprint density at radius 1 is 1.31 bits per heavy atom. The summed E-state index contributed by atoms with van der Waals surface area (Å²) in [4.78, 5) is 13.2. The Bertz CT molecular complexity index is 395. The van der Waals surface area contributed by atoms with E-state index < -0.39 is 0 Å². The van der Waals surface area contributed by atoms with Gasteiger partial charge in [-0.2, -0.15) is 0 Å². The van der Waals surface area contributed by atoms with Gasteiger partial charge >= 0.3 is 4.87 Å². The second-order valence-electron chi connectivity index (χ2n) is 4.44. The second-order valence-corrected chi connectivity index (χ2v) is 6.16. The van der Waals surface area contributed by atoms with Crippen LogP contribution in [0.5, 0.6) is 0 Å². The highest BCUT2D eigenvalue weighted by molar-refractivity contribution is 9.09. The van der Waals surface area contributed by atoms with Crippen LogP contribution >= 0.6 is 27.3 Å². The molecule has 0 unspecified atom stereocenters. The lowest BCUT2D eigenvalue weighted by atomic mass is 9.84. The number of alkyl halides is 1. The van der Waals surface area contributed by atoms with E-state index in [0.717, 1.165) is 35.3 Å². The minimum absolute atomic E-state index is 0.183. The normalized spacial score (nSPS) is 12.1. The van der Waals surface area contributed by atoms with Crippen LogP contribution in [-0.2, 0) is 6.54 Å². The summed E-state index contributed by atoms with van der Waals surface area (Å²) in [6.45, 7) is 9.29. The third kappa shape index (κ3) is 2.59. The van der Waals surface area contributed by atoms with Gasteiger partial charge in [0, 0.05) is 22.4 Å². The van der Waals surface area contributed by atoms with E-state index in [2.05, 4.69) is 29.8 Å². The minimum Gasteiger partial charge on any atom is -0.302 e. The van der Waals surface area contributed by atoms with Crippen molar-refractivity contribution < 1.29 is 0 Å². The molecule has 0 N–H and O–H groups in total. The van der Waals surface area contributed by atoms with E-state index in [-0.39, 0.29) is 10.3 Å². The fourth-order valence-electron chi connectivity index (χ4n) is 1.81. The summed E-state index contributed by atoms with van der Waals surface area (Å²) in [5, 5.41) is 0.952. The van der Waals surface area contributed by atoms with E-state index in [1.54, 1.807) is 0 Å². The van der Waals surface area contributed by atoms with Gasteiger partial charge < -0.3 is 4.57 Å². The Balaban J connectivity index is 3.07. The number of halogens is 1. The van der Waals surface area contributed by atoms with Crippen molar-refractivity contribution in [1.29, 1.82) is 0 Å². The molecule has 0 fully saturated rings. The summed E-state index contributed by atoms with van der Waals surface area (Å²) in [6, 6.07) is 0. The highest BCUT2D eigenvalue weighted by Crippen LogP contribution is 2.31. The van der Waals surface area contributed by atoms with E-state index in [0.29, 0.717) is 0 Å². The van der Waals surface area contributed by atoms with Crippen LogP contribution in [0.25, 0.3) is 0 Å². The predicted molar refractivity (Wildman–Crippen MR) is 74.9 cm³/mol. The average Bonchev–Trinajstić information content (AvgIpc) is 2.52. The first-order chi connectivity index (χ1) is 7.49. The Kier molecular flexibility index (Phi) is 4.80. The van der Waals surface area contributed by atoms with Gasteiger partial charge in [-0.25, -0.2) is 0 Å². The molecule has 1 aromatic rings. The molecule has 1 aromatic heterocycles. The lowest BCUT2D eigenvalue weighted by Gasteiger charge is -2.30. The molecule has 0 amide bonds. The molecular weight excluding hydrogens is 286 g/mol. The Morgan fingerprint density at radius 2 is 1.88 bits per heavy atom. The molecule has 0 atom stereocenters. The molecule has 0 saturated heterocycles. The number of hydrogen-bond donors (Lipinski definition) is 0. The summed E-state index contributed by atoms with van der Waals surface area (Å²) in [6.07, 6.45) is 2.19. The van der Waals surface area contributed by atoms with Gasteiger partial charge in [-0.05, 0) is 32.1 Å². The van der Waals surface area contributed by atoms with Crippen LogP contribution in [0, 0.1) is 19.3 Å². The third-order valence-corrected chi connectivity index (χ3v) is 5.84. The third-order valence-electron chi connectivity index (χ3n) is 3.65. The van der Waals surface area contributed by atoms with Crippen LogP contribution in [0.1, 0.15) is 37.3 Å². The summed E-state index contributed by atoms with van der Waals surface area (Å²) in [5.74, 6) is 0. The fourth-order valence-corrected chi connectivity index (χ4v) is 3.61. The number of hydrogen-bond acceptors (Lipinski definition) is 2. The molecule has 2 nitrogen and oxygen atoms in total. The average molecular weight is 306 g/mol. The van der Waals surface area contributed by atoms with Gasteiger partial charge in [0.05, 0.1) is 0 Å². The smallest absolute Gasteiger partial charge is 0.302 e. The molecule has 4 heteroatoms. The second kappa shape index (κ2) is 5.50. The summed E-state index contributed by atoms with van der Waals surface area (Å²) >= 11 is 4.95. The SMILES string of the molecule is CCC(CC)(CBr)Cn1c(C)c(C)sc1=O. The number of nitrogens with zero attached hydrogens (tertiary/aromatic N) is 1. The maximum absolute atomic E-state index is 11.9. The topological polar surface area (TPSA) is 22.0 Å². The largest absolute Gasteiger partial charge is 0.307 e. The van der Waals surface area contributed by atoms with Gasteiger partial charge in [-0.3, -0.25) is 4.79 Å². The van der Waals surface area contributed by atoms with Crippen LogP contribution in [0.4, 0.5) is 0 Å². The van der Waals surface area contributed by atoms with Crippen molar-refractivity contribution >= 4 is 27.3 Å². The quantitative estimate of drug-likeness (QED) is 0.760. The van der Waals surface area contributed by atoms with E-state index in [1.165, 1.54) is 11.3 Å². The molecule has 1 rings (SSSR count). The number of aromatic nitrogens is 1. The van der Waals surface area contributed by atoms with Crippen molar-refractivity contribution in [2.45, 2.75) is 47.1 Å². The Labute approximate surface area is 110 Å². The Hall–Kier alpha value is -0.0900. The molecule has 0 saturated carbocycles.